The van der Waals surface area contributed by atoms with Gasteiger partial charge in [-0.1, -0.05) is 6.92 Å². The van der Waals surface area contributed by atoms with Gasteiger partial charge in [-0.15, -0.1) is 0 Å². The van der Waals surface area contributed by atoms with E-state index in [4.69, 9.17) is 5.73 Å². The number of sulfone groups is 1. The highest BCUT2D eigenvalue weighted by molar-refractivity contribution is 9.10. The number of anilines is 1. The Labute approximate surface area is 97.7 Å². The fourth-order valence-corrected chi connectivity index (χ4v) is 2.78. The molecule has 1 aromatic heterocycles. The number of aromatic nitrogens is 2. The van der Waals surface area contributed by atoms with Gasteiger partial charge in [-0.3, -0.25) is 4.68 Å². The van der Waals surface area contributed by atoms with Crippen molar-refractivity contribution in [2.45, 2.75) is 19.9 Å². The number of nitrogen functional groups attached to an aromatic ring is 1. The molecule has 0 saturated carbocycles. The molecule has 1 aromatic rings. The molecule has 1 rings (SSSR count). The molecule has 0 radical (unpaired) electrons. The first-order chi connectivity index (χ1) is 6.94. The van der Waals surface area contributed by atoms with E-state index in [0.717, 1.165) is 0 Å². The van der Waals surface area contributed by atoms with Gasteiger partial charge in [0.1, 0.15) is 0 Å². The molecule has 0 aliphatic carbocycles. The van der Waals surface area contributed by atoms with Crippen LogP contribution >= 0.6 is 15.9 Å². The molecular formula is C8H14BrN3O2S. The molecule has 0 aliphatic rings. The number of hydrogen-bond acceptors (Lipinski definition) is 4. The lowest BCUT2D eigenvalue weighted by atomic mass is 10.6. The fraction of sp³-hybridized carbons (Fsp3) is 0.625. The summed E-state index contributed by atoms with van der Waals surface area (Å²) in [5.41, 5.74) is 5.51. The minimum Gasteiger partial charge on any atom is -0.381 e. The Hall–Kier alpha value is -0.560. The van der Waals surface area contributed by atoms with Crippen molar-refractivity contribution in [2.24, 2.45) is 0 Å². The first kappa shape index (κ1) is 12.5. The van der Waals surface area contributed by atoms with Crippen molar-refractivity contribution in [3.05, 3.63) is 10.7 Å². The van der Waals surface area contributed by atoms with Crippen molar-refractivity contribution in [3.8, 4) is 0 Å². The highest BCUT2D eigenvalue weighted by Crippen LogP contribution is 2.16. The summed E-state index contributed by atoms with van der Waals surface area (Å²) in [6.45, 7) is 2.19. The summed E-state index contributed by atoms with van der Waals surface area (Å²) in [6, 6.07) is 0. The number of nitrogens with two attached hydrogens (primary N) is 1. The molecule has 0 atom stereocenters. The maximum Gasteiger partial charge on any atom is 0.159 e. The van der Waals surface area contributed by atoms with E-state index >= 15 is 0 Å². The zero-order valence-electron chi connectivity index (χ0n) is 8.48. The third kappa shape index (κ3) is 3.83. The van der Waals surface area contributed by atoms with Crippen molar-refractivity contribution < 1.29 is 8.42 Å². The molecule has 0 unspecified atom stereocenters. The van der Waals surface area contributed by atoms with E-state index in [1.807, 2.05) is 6.92 Å². The number of halogens is 1. The molecule has 15 heavy (non-hydrogen) atoms. The Kier molecular flexibility index (Phi) is 4.15. The normalized spacial score (nSPS) is 11.9. The highest BCUT2D eigenvalue weighted by Gasteiger charge is 2.10. The molecule has 1 heterocycles. The smallest absolute Gasteiger partial charge is 0.159 e. The summed E-state index contributed by atoms with van der Waals surface area (Å²) in [6.07, 6.45) is 2.32. The quantitative estimate of drug-likeness (QED) is 0.881. The van der Waals surface area contributed by atoms with Crippen molar-refractivity contribution in [1.82, 2.24) is 9.78 Å². The van der Waals surface area contributed by atoms with Crippen LogP contribution in [-0.2, 0) is 16.4 Å². The Bertz CT molecular complexity index is 408. The molecule has 0 fully saturated rings. The predicted octanol–water partition coefficient (Wildman–Crippen LogP) is 1.05. The second-order valence-electron chi connectivity index (χ2n) is 3.28. The van der Waals surface area contributed by atoms with Crippen LogP contribution in [0.2, 0.25) is 0 Å². The van der Waals surface area contributed by atoms with Crippen LogP contribution in [0.25, 0.3) is 0 Å². The van der Waals surface area contributed by atoms with Gasteiger partial charge in [0.25, 0.3) is 0 Å². The van der Waals surface area contributed by atoms with E-state index in [9.17, 15) is 8.42 Å². The lowest BCUT2D eigenvalue weighted by Gasteiger charge is -2.02. The molecule has 2 N–H and O–H groups in total. The molecule has 5 nitrogen and oxygen atoms in total. The van der Waals surface area contributed by atoms with Gasteiger partial charge in [0.05, 0.1) is 16.8 Å². The third-order valence-electron chi connectivity index (χ3n) is 1.89. The van der Waals surface area contributed by atoms with E-state index in [-0.39, 0.29) is 11.5 Å². The van der Waals surface area contributed by atoms with Crippen molar-refractivity contribution in [1.29, 1.82) is 0 Å². The van der Waals surface area contributed by atoms with Crippen molar-refractivity contribution in [2.75, 3.05) is 17.2 Å². The van der Waals surface area contributed by atoms with Crippen LogP contribution in [-0.4, -0.2) is 29.7 Å². The van der Waals surface area contributed by atoms with Gasteiger partial charge in [0.2, 0.25) is 0 Å². The van der Waals surface area contributed by atoms with E-state index in [1.165, 1.54) is 4.68 Å². The first-order valence-electron chi connectivity index (χ1n) is 4.63. The van der Waals surface area contributed by atoms with E-state index < -0.39 is 9.84 Å². The monoisotopic (exact) mass is 295 g/mol. The van der Waals surface area contributed by atoms with Crippen LogP contribution in [0, 0.1) is 0 Å². The van der Waals surface area contributed by atoms with Gasteiger partial charge >= 0.3 is 0 Å². The van der Waals surface area contributed by atoms with Gasteiger partial charge < -0.3 is 5.73 Å². The summed E-state index contributed by atoms with van der Waals surface area (Å²) in [5, 5.41) is 3.96. The van der Waals surface area contributed by atoms with Crippen LogP contribution in [0.5, 0.6) is 0 Å². The van der Waals surface area contributed by atoms with E-state index in [2.05, 4.69) is 21.0 Å². The van der Waals surface area contributed by atoms with Gasteiger partial charge in [-0.25, -0.2) is 8.42 Å². The average molecular weight is 296 g/mol. The minimum absolute atomic E-state index is 0.106. The minimum atomic E-state index is -2.95. The highest BCUT2D eigenvalue weighted by atomic mass is 79.9. The molecule has 0 spiro atoms. The van der Waals surface area contributed by atoms with E-state index in [0.29, 0.717) is 23.3 Å². The molecule has 0 aliphatic heterocycles. The second kappa shape index (κ2) is 4.98. The maximum atomic E-state index is 11.4. The zero-order chi connectivity index (χ0) is 11.5. The number of hydrogen-bond donors (Lipinski definition) is 1. The van der Waals surface area contributed by atoms with Crippen molar-refractivity contribution in [3.63, 3.8) is 0 Å². The molecule has 7 heteroatoms. The molecule has 0 aromatic carbocycles. The second-order valence-corrected chi connectivity index (χ2v) is 6.44. The Morgan fingerprint density at radius 2 is 2.20 bits per heavy atom. The third-order valence-corrected chi connectivity index (χ3v) is 4.34. The topological polar surface area (TPSA) is 78.0 Å². The van der Waals surface area contributed by atoms with Gasteiger partial charge in [0.15, 0.2) is 15.7 Å². The molecular weight excluding hydrogens is 282 g/mol. The number of rotatable bonds is 5. The summed E-state index contributed by atoms with van der Waals surface area (Å²) in [7, 11) is -2.95. The zero-order valence-corrected chi connectivity index (χ0v) is 10.9. The first-order valence-corrected chi connectivity index (χ1v) is 7.25. The number of aryl methyl sites for hydroxylation is 1. The fourth-order valence-electron chi connectivity index (χ4n) is 1.17. The van der Waals surface area contributed by atoms with Crippen LogP contribution in [0.4, 0.5) is 5.82 Å². The maximum absolute atomic E-state index is 11.4. The Morgan fingerprint density at radius 1 is 1.53 bits per heavy atom. The summed E-state index contributed by atoms with van der Waals surface area (Å²) >= 11 is 3.21. The lowest BCUT2D eigenvalue weighted by molar-refractivity contribution is 0.580. The standard InChI is InChI=1S/C8H14BrN3O2S/c1-2-4-15(13,14)5-3-12-6-7(9)8(10)11-12/h6H,2-5H2,1H3,(H2,10,11). The van der Waals surface area contributed by atoms with Crippen molar-refractivity contribution >= 4 is 31.6 Å². The molecule has 0 amide bonds. The largest absolute Gasteiger partial charge is 0.381 e. The lowest BCUT2D eigenvalue weighted by Crippen LogP contribution is -2.16. The summed E-state index contributed by atoms with van der Waals surface area (Å²) in [4.78, 5) is 0. The van der Waals surface area contributed by atoms with Gasteiger partial charge in [0, 0.05) is 11.9 Å². The SMILES string of the molecule is CCCS(=O)(=O)CCn1cc(Br)c(N)n1. The van der Waals surface area contributed by atoms with Gasteiger partial charge in [-0.05, 0) is 22.4 Å². The molecule has 86 valence electrons. The van der Waals surface area contributed by atoms with Crippen LogP contribution in [0.3, 0.4) is 0 Å². The van der Waals surface area contributed by atoms with Crippen LogP contribution < -0.4 is 5.73 Å². The Balaban J connectivity index is 2.57. The van der Waals surface area contributed by atoms with Crippen LogP contribution in [0.15, 0.2) is 10.7 Å². The number of nitrogens with zero attached hydrogens (tertiary/aromatic N) is 2. The Morgan fingerprint density at radius 3 is 2.67 bits per heavy atom. The molecule has 0 bridgehead atoms. The summed E-state index contributed by atoms with van der Waals surface area (Å²) < 4.78 is 25.0. The summed E-state index contributed by atoms with van der Waals surface area (Å²) in [5.74, 6) is 0.710. The van der Waals surface area contributed by atoms with E-state index in [1.54, 1.807) is 6.20 Å². The predicted molar refractivity (Wildman–Crippen MR) is 63.3 cm³/mol. The van der Waals surface area contributed by atoms with Gasteiger partial charge in [-0.2, -0.15) is 5.10 Å². The van der Waals surface area contributed by atoms with Crippen LogP contribution in [0.1, 0.15) is 13.3 Å². The molecule has 0 saturated heterocycles. The average Bonchev–Trinajstić information content (AvgIpc) is 2.44.